The molecule has 104 valence electrons. The maximum absolute atomic E-state index is 12.0. The Bertz CT molecular complexity index is 807. The summed E-state index contributed by atoms with van der Waals surface area (Å²) in [6.45, 7) is 1.95. The van der Waals surface area contributed by atoms with E-state index in [1.807, 2.05) is 60.8 Å². The van der Waals surface area contributed by atoms with Crippen molar-refractivity contribution in [1.29, 1.82) is 0 Å². The number of nitrogens with zero attached hydrogens (tertiary/aromatic N) is 1. The molecule has 0 spiro atoms. The number of benzene rings is 1. The van der Waals surface area contributed by atoms with Crippen LogP contribution >= 0.6 is 11.3 Å². The summed E-state index contributed by atoms with van der Waals surface area (Å²) in [4.78, 5) is 17.5. The Labute approximate surface area is 127 Å². The van der Waals surface area contributed by atoms with Crippen LogP contribution in [0.25, 0.3) is 17.0 Å². The van der Waals surface area contributed by atoms with Gasteiger partial charge < -0.3 is 5.32 Å². The summed E-state index contributed by atoms with van der Waals surface area (Å²) in [5.74, 6) is -0.142. The van der Waals surface area contributed by atoms with Crippen LogP contribution in [0, 0.1) is 6.92 Å². The molecule has 4 heteroatoms. The summed E-state index contributed by atoms with van der Waals surface area (Å²) in [6, 6.07) is 13.6. The first-order valence-electron chi connectivity index (χ1n) is 6.61. The molecule has 21 heavy (non-hydrogen) atoms. The third kappa shape index (κ3) is 3.17. The highest BCUT2D eigenvalue weighted by Crippen LogP contribution is 2.22. The molecule has 3 aromatic rings. The van der Waals surface area contributed by atoms with Crippen molar-refractivity contribution in [3.05, 3.63) is 64.5 Å². The Kier molecular flexibility index (Phi) is 3.79. The number of rotatable bonds is 3. The molecule has 1 amide bonds. The molecule has 0 unspecified atom stereocenters. The van der Waals surface area contributed by atoms with Gasteiger partial charge >= 0.3 is 0 Å². The first-order valence-corrected chi connectivity index (χ1v) is 7.49. The largest absolute Gasteiger partial charge is 0.322 e. The minimum absolute atomic E-state index is 0.142. The number of aryl methyl sites for hydroxylation is 1. The minimum Gasteiger partial charge on any atom is -0.322 e. The van der Waals surface area contributed by atoms with E-state index in [0.29, 0.717) is 0 Å². The Morgan fingerprint density at radius 1 is 1.19 bits per heavy atom. The van der Waals surface area contributed by atoms with Crippen LogP contribution in [0.5, 0.6) is 0 Å². The second-order valence-corrected chi connectivity index (χ2v) is 5.64. The Morgan fingerprint density at radius 3 is 2.90 bits per heavy atom. The number of hydrogen-bond donors (Lipinski definition) is 1. The number of hydrogen-bond acceptors (Lipinski definition) is 3. The normalized spacial score (nSPS) is 11.1. The molecule has 3 nitrogen and oxygen atoms in total. The zero-order valence-corrected chi connectivity index (χ0v) is 12.4. The Balaban J connectivity index is 1.83. The fraction of sp³-hybridized carbons (Fsp3) is 0.0588. The third-order valence-electron chi connectivity index (χ3n) is 3.07. The van der Waals surface area contributed by atoms with Crippen molar-refractivity contribution in [2.24, 2.45) is 0 Å². The number of carbonyl (C=O) groups excluding carboxylic acids is 1. The van der Waals surface area contributed by atoms with E-state index in [1.165, 1.54) is 0 Å². The predicted octanol–water partition coefficient (Wildman–Crippen LogP) is 4.26. The van der Waals surface area contributed by atoms with Crippen molar-refractivity contribution in [3.63, 3.8) is 0 Å². The average molecular weight is 294 g/mol. The molecule has 0 aliphatic rings. The zero-order valence-electron chi connectivity index (χ0n) is 11.5. The van der Waals surface area contributed by atoms with Gasteiger partial charge in [0, 0.05) is 22.0 Å². The number of aromatic nitrogens is 1. The molecular weight excluding hydrogens is 280 g/mol. The van der Waals surface area contributed by atoms with Crippen LogP contribution in [0.2, 0.25) is 0 Å². The number of pyridine rings is 1. The van der Waals surface area contributed by atoms with Crippen molar-refractivity contribution in [2.45, 2.75) is 6.92 Å². The highest BCUT2D eigenvalue weighted by atomic mass is 32.1. The van der Waals surface area contributed by atoms with Crippen LogP contribution in [0.4, 0.5) is 5.69 Å². The van der Waals surface area contributed by atoms with Gasteiger partial charge in [-0.15, -0.1) is 11.3 Å². The second-order valence-electron chi connectivity index (χ2n) is 4.66. The lowest BCUT2D eigenvalue weighted by Gasteiger charge is -2.07. The number of nitrogens with one attached hydrogen (secondary N) is 1. The second kappa shape index (κ2) is 5.89. The standard InChI is InChI=1S/C17H14N2OS/c1-12-7-9-14-15(18-12)5-2-6-16(14)19-17(20)10-8-13-4-3-11-21-13/h2-11H,1H3,(H,19,20). The zero-order chi connectivity index (χ0) is 14.7. The molecule has 3 rings (SSSR count). The molecule has 1 N–H and O–H groups in total. The topological polar surface area (TPSA) is 42.0 Å². The third-order valence-corrected chi connectivity index (χ3v) is 3.91. The van der Waals surface area contributed by atoms with E-state index in [-0.39, 0.29) is 5.91 Å². The SMILES string of the molecule is Cc1ccc2c(NC(=O)C=Cc3cccs3)cccc2n1. The average Bonchev–Trinajstić information content (AvgIpc) is 2.98. The van der Waals surface area contributed by atoms with E-state index in [2.05, 4.69) is 10.3 Å². The first kappa shape index (κ1) is 13.5. The van der Waals surface area contributed by atoms with Gasteiger partial charge in [-0.3, -0.25) is 9.78 Å². The maximum Gasteiger partial charge on any atom is 0.248 e. The molecular formula is C17H14N2OS. The first-order chi connectivity index (χ1) is 10.2. The molecule has 0 aliphatic heterocycles. The summed E-state index contributed by atoms with van der Waals surface area (Å²) in [7, 11) is 0. The van der Waals surface area contributed by atoms with Gasteiger partial charge in [-0.25, -0.2) is 0 Å². The number of thiophene rings is 1. The Hall–Kier alpha value is -2.46. The number of amides is 1. The summed E-state index contributed by atoms with van der Waals surface area (Å²) in [5.41, 5.74) is 2.62. The molecule has 1 aromatic carbocycles. The van der Waals surface area contributed by atoms with Crippen LogP contribution in [0.15, 0.2) is 53.9 Å². The molecule has 0 atom stereocenters. The Morgan fingerprint density at radius 2 is 2.10 bits per heavy atom. The van der Waals surface area contributed by atoms with E-state index in [1.54, 1.807) is 17.4 Å². The van der Waals surface area contributed by atoms with Gasteiger partial charge in [-0.05, 0) is 48.7 Å². The van der Waals surface area contributed by atoms with Gasteiger partial charge in [-0.1, -0.05) is 12.1 Å². The molecule has 2 aromatic heterocycles. The molecule has 0 aliphatic carbocycles. The minimum atomic E-state index is -0.142. The van der Waals surface area contributed by atoms with Crippen LogP contribution in [-0.2, 0) is 4.79 Å². The number of anilines is 1. The smallest absolute Gasteiger partial charge is 0.248 e. The van der Waals surface area contributed by atoms with Gasteiger partial charge in [0.1, 0.15) is 0 Å². The maximum atomic E-state index is 12.0. The van der Waals surface area contributed by atoms with Crippen molar-refractivity contribution in [2.75, 3.05) is 5.32 Å². The van der Waals surface area contributed by atoms with Crippen molar-refractivity contribution in [3.8, 4) is 0 Å². The molecule has 0 bridgehead atoms. The van der Waals surface area contributed by atoms with E-state index in [4.69, 9.17) is 0 Å². The summed E-state index contributed by atoms with van der Waals surface area (Å²) in [5, 5.41) is 5.83. The predicted molar refractivity (Wildman–Crippen MR) is 88.5 cm³/mol. The summed E-state index contributed by atoms with van der Waals surface area (Å²) < 4.78 is 0. The molecule has 0 fully saturated rings. The van der Waals surface area contributed by atoms with Gasteiger partial charge in [0.05, 0.1) is 11.2 Å². The van der Waals surface area contributed by atoms with Gasteiger partial charge in [-0.2, -0.15) is 0 Å². The van der Waals surface area contributed by atoms with E-state index in [0.717, 1.165) is 27.2 Å². The van der Waals surface area contributed by atoms with Crippen molar-refractivity contribution < 1.29 is 4.79 Å². The quantitative estimate of drug-likeness (QED) is 0.733. The van der Waals surface area contributed by atoms with Crippen LogP contribution in [-0.4, -0.2) is 10.9 Å². The molecule has 2 heterocycles. The van der Waals surface area contributed by atoms with E-state index < -0.39 is 0 Å². The number of fused-ring (bicyclic) bond motifs is 1. The lowest BCUT2D eigenvalue weighted by atomic mass is 10.1. The van der Waals surface area contributed by atoms with Crippen LogP contribution < -0.4 is 5.32 Å². The summed E-state index contributed by atoms with van der Waals surface area (Å²) in [6.07, 6.45) is 3.36. The fourth-order valence-corrected chi connectivity index (χ4v) is 2.70. The van der Waals surface area contributed by atoms with E-state index in [9.17, 15) is 4.79 Å². The lowest BCUT2D eigenvalue weighted by Crippen LogP contribution is -2.08. The summed E-state index contributed by atoms with van der Waals surface area (Å²) >= 11 is 1.60. The monoisotopic (exact) mass is 294 g/mol. The molecule has 0 saturated carbocycles. The van der Waals surface area contributed by atoms with Crippen LogP contribution in [0.3, 0.4) is 0 Å². The highest BCUT2D eigenvalue weighted by molar-refractivity contribution is 7.10. The lowest BCUT2D eigenvalue weighted by molar-refractivity contribution is -0.111. The van der Waals surface area contributed by atoms with Crippen LogP contribution in [0.1, 0.15) is 10.6 Å². The number of carbonyl (C=O) groups is 1. The van der Waals surface area contributed by atoms with E-state index >= 15 is 0 Å². The van der Waals surface area contributed by atoms with Gasteiger partial charge in [0.25, 0.3) is 0 Å². The highest BCUT2D eigenvalue weighted by Gasteiger charge is 2.04. The molecule has 0 radical (unpaired) electrons. The van der Waals surface area contributed by atoms with Crippen molar-refractivity contribution in [1.82, 2.24) is 4.98 Å². The van der Waals surface area contributed by atoms with Gasteiger partial charge in [0.15, 0.2) is 0 Å². The van der Waals surface area contributed by atoms with Gasteiger partial charge in [0.2, 0.25) is 5.91 Å². The molecule has 0 saturated heterocycles. The fourth-order valence-electron chi connectivity index (χ4n) is 2.08. The van der Waals surface area contributed by atoms with Crippen molar-refractivity contribution >= 4 is 39.9 Å².